The number of ether oxygens (including phenoxy) is 1. The summed E-state index contributed by atoms with van der Waals surface area (Å²) in [5.41, 5.74) is 0.860. The first-order valence-electron chi connectivity index (χ1n) is 3.73. The lowest BCUT2D eigenvalue weighted by molar-refractivity contribution is 0.402. The number of rotatable bonds is 1. The molecule has 2 rings (SSSR count). The largest absolute Gasteiger partial charge is 0.480 e. The Labute approximate surface area is 83.7 Å². The molecule has 0 aliphatic rings. The zero-order chi connectivity index (χ0) is 9.42. The molecule has 13 heavy (non-hydrogen) atoms. The zero-order valence-electron chi connectivity index (χ0n) is 7.28. The average molecular weight is 242 g/mol. The van der Waals surface area contributed by atoms with E-state index in [0.717, 1.165) is 15.5 Å². The maximum absolute atomic E-state index is 5.13. The van der Waals surface area contributed by atoms with E-state index in [1.165, 1.54) is 6.33 Å². The molecule has 0 N–H and O–H groups in total. The lowest BCUT2D eigenvalue weighted by Crippen LogP contribution is -1.92. The van der Waals surface area contributed by atoms with E-state index in [1.807, 2.05) is 17.8 Å². The minimum Gasteiger partial charge on any atom is -0.480 e. The molecule has 0 unspecified atom stereocenters. The van der Waals surface area contributed by atoms with E-state index in [-0.39, 0.29) is 0 Å². The van der Waals surface area contributed by atoms with Gasteiger partial charge in [0, 0.05) is 13.2 Å². The van der Waals surface area contributed by atoms with Crippen LogP contribution in [-0.4, -0.2) is 21.6 Å². The first kappa shape index (κ1) is 8.50. The van der Waals surface area contributed by atoms with E-state index in [2.05, 4.69) is 25.9 Å². The molecule has 0 fully saturated rings. The SMILES string of the molecule is COc1ncnc2c1c(Br)cn2C. The maximum atomic E-state index is 5.13. The number of halogens is 1. The summed E-state index contributed by atoms with van der Waals surface area (Å²) in [4.78, 5) is 8.17. The first-order valence-corrected chi connectivity index (χ1v) is 4.53. The summed E-state index contributed by atoms with van der Waals surface area (Å²) in [6.07, 6.45) is 3.43. The molecular weight excluding hydrogens is 234 g/mol. The Balaban J connectivity index is 2.88. The molecule has 0 radical (unpaired) electrons. The van der Waals surface area contributed by atoms with Crippen molar-refractivity contribution in [3.05, 3.63) is 17.0 Å². The molecule has 0 saturated carbocycles. The van der Waals surface area contributed by atoms with Crippen molar-refractivity contribution in [1.29, 1.82) is 0 Å². The second-order valence-corrected chi connectivity index (χ2v) is 3.52. The van der Waals surface area contributed by atoms with Crippen LogP contribution in [0.4, 0.5) is 0 Å². The molecule has 0 spiro atoms. The van der Waals surface area contributed by atoms with Gasteiger partial charge in [0.2, 0.25) is 5.88 Å². The Morgan fingerprint density at radius 3 is 2.92 bits per heavy atom. The molecular formula is C8H8BrN3O. The van der Waals surface area contributed by atoms with E-state index < -0.39 is 0 Å². The fourth-order valence-electron chi connectivity index (χ4n) is 1.29. The Morgan fingerprint density at radius 2 is 2.23 bits per heavy atom. The van der Waals surface area contributed by atoms with Gasteiger partial charge in [-0.05, 0) is 15.9 Å². The van der Waals surface area contributed by atoms with Crippen molar-refractivity contribution >= 4 is 27.0 Å². The average Bonchev–Trinajstić information content (AvgIpc) is 2.43. The standard InChI is InChI=1S/C8H8BrN3O/c1-12-3-5(9)6-7(12)10-4-11-8(6)13-2/h3-4H,1-2H3. The Hall–Kier alpha value is -1.10. The summed E-state index contributed by atoms with van der Waals surface area (Å²) in [5, 5.41) is 0.910. The monoisotopic (exact) mass is 241 g/mol. The molecule has 5 heteroatoms. The molecule has 0 bridgehead atoms. The van der Waals surface area contributed by atoms with Gasteiger partial charge in [0.1, 0.15) is 12.0 Å². The number of aryl methyl sites for hydroxylation is 1. The van der Waals surface area contributed by atoms with Crippen molar-refractivity contribution in [3.8, 4) is 5.88 Å². The molecule has 2 aromatic heterocycles. The molecule has 0 amide bonds. The van der Waals surface area contributed by atoms with Crippen LogP contribution in [-0.2, 0) is 7.05 Å². The van der Waals surface area contributed by atoms with Crippen LogP contribution < -0.4 is 4.74 Å². The molecule has 2 heterocycles. The van der Waals surface area contributed by atoms with Crippen LogP contribution in [0.1, 0.15) is 0 Å². The topological polar surface area (TPSA) is 39.9 Å². The molecule has 0 saturated heterocycles. The maximum Gasteiger partial charge on any atom is 0.226 e. The number of aromatic nitrogens is 3. The molecule has 0 atom stereocenters. The number of fused-ring (bicyclic) bond motifs is 1. The third-order valence-electron chi connectivity index (χ3n) is 1.87. The van der Waals surface area contributed by atoms with E-state index in [0.29, 0.717) is 5.88 Å². The van der Waals surface area contributed by atoms with Gasteiger partial charge in [0.25, 0.3) is 0 Å². The number of nitrogens with zero attached hydrogens (tertiary/aromatic N) is 3. The molecule has 0 aliphatic heterocycles. The van der Waals surface area contributed by atoms with E-state index in [1.54, 1.807) is 7.11 Å². The van der Waals surface area contributed by atoms with Gasteiger partial charge in [-0.25, -0.2) is 9.97 Å². The third kappa shape index (κ3) is 1.19. The fraction of sp³-hybridized carbons (Fsp3) is 0.250. The number of methoxy groups -OCH3 is 1. The van der Waals surface area contributed by atoms with E-state index >= 15 is 0 Å². The number of hydrogen-bond donors (Lipinski definition) is 0. The van der Waals surface area contributed by atoms with Gasteiger partial charge in [-0.15, -0.1) is 0 Å². The molecule has 0 aromatic carbocycles. The normalized spacial score (nSPS) is 10.7. The second-order valence-electron chi connectivity index (χ2n) is 2.67. The van der Waals surface area contributed by atoms with Gasteiger partial charge < -0.3 is 9.30 Å². The minimum atomic E-state index is 0.595. The summed E-state index contributed by atoms with van der Waals surface area (Å²) in [7, 11) is 3.53. The van der Waals surface area contributed by atoms with Gasteiger partial charge >= 0.3 is 0 Å². The van der Waals surface area contributed by atoms with Crippen molar-refractivity contribution in [2.45, 2.75) is 0 Å². The van der Waals surface area contributed by atoms with Crippen molar-refractivity contribution in [3.63, 3.8) is 0 Å². The highest BCUT2D eigenvalue weighted by atomic mass is 79.9. The van der Waals surface area contributed by atoms with Crippen LogP contribution in [0.5, 0.6) is 5.88 Å². The highest BCUT2D eigenvalue weighted by Gasteiger charge is 2.11. The summed E-state index contributed by atoms with van der Waals surface area (Å²) in [6.45, 7) is 0. The smallest absolute Gasteiger partial charge is 0.226 e. The summed E-state index contributed by atoms with van der Waals surface area (Å²) >= 11 is 3.43. The van der Waals surface area contributed by atoms with E-state index in [4.69, 9.17) is 4.74 Å². The fourth-order valence-corrected chi connectivity index (χ4v) is 1.94. The van der Waals surface area contributed by atoms with Gasteiger partial charge in [0.15, 0.2) is 0 Å². The summed E-state index contributed by atoms with van der Waals surface area (Å²) in [5.74, 6) is 0.595. The van der Waals surface area contributed by atoms with Crippen LogP contribution in [0.2, 0.25) is 0 Å². The van der Waals surface area contributed by atoms with Gasteiger partial charge in [-0.3, -0.25) is 0 Å². The van der Waals surface area contributed by atoms with Crippen molar-refractivity contribution in [2.75, 3.05) is 7.11 Å². The first-order chi connectivity index (χ1) is 6.24. The lowest BCUT2D eigenvalue weighted by Gasteiger charge is -1.99. The van der Waals surface area contributed by atoms with Crippen LogP contribution >= 0.6 is 15.9 Å². The third-order valence-corrected chi connectivity index (χ3v) is 2.47. The lowest BCUT2D eigenvalue weighted by atomic mass is 10.4. The quantitative estimate of drug-likeness (QED) is 0.764. The van der Waals surface area contributed by atoms with Crippen molar-refractivity contribution in [1.82, 2.24) is 14.5 Å². The van der Waals surface area contributed by atoms with Crippen LogP contribution in [0, 0.1) is 0 Å². The highest BCUT2D eigenvalue weighted by Crippen LogP contribution is 2.29. The van der Waals surface area contributed by atoms with Crippen LogP contribution in [0.15, 0.2) is 17.0 Å². The molecule has 2 aromatic rings. The summed E-state index contributed by atoms with van der Waals surface area (Å²) in [6, 6.07) is 0. The molecule has 4 nitrogen and oxygen atoms in total. The second kappa shape index (κ2) is 2.99. The molecule has 0 aliphatic carbocycles. The predicted molar refractivity (Wildman–Crippen MR) is 52.8 cm³/mol. The Morgan fingerprint density at radius 1 is 1.46 bits per heavy atom. The summed E-state index contributed by atoms with van der Waals surface area (Å²) < 4.78 is 7.99. The molecule has 68 valence electrons. The minimum absolute atomic E-state index is 0.595. The van der Waals surface area contributed by atoms with Crippen molar-refractivity contribution < 1.29 is 4.74 Å². The Bertz CT molecular complexity index is 452. The van der Waals surface area contributed by atoms with E-state index in [9.17, 15) is 0 Å². The predicted octanol–water partition coefficient (Wildman–Crippen LogP) is 1.74. The van der Waals surface area contributed by atoms with Crippen LogP contribution in [0.25, 0.3) is 11.0 Å². The van der Waals surface area contributed by atoms with Gasteiger partial charge in [-0.2, -0.15) is 0 Å². The highest BCUT2D eigenvalue weighted by molar-refractivity contribution is 9.10. The van der Waals surface area contributed by atoms with Gasteiger partial charge in [-0.1, -0.05) is 0 Å². The van der Waals surface area contributed by atoms with Crippen molar-refractivity contribution in [2.24, 2.45) is 7.05 Å². The van der Waals surface area contributed by atoms with Gasteiger partial charge in [0.05, 0.1) is 17.0 Å². The Kier molecular flexibility index (Phi) is 1.95. The zero-order valence-corrected chi connectivity index (χ0v) is 8.87. The number of hydrogen-bond acceptors (Lipinski definition) is 3. The van der Waals surface area contributed by atoms with Crippen LogP contribution in [0.3, 0.4) is 0 Å².